The Morgan fingerprint density at radius 1 is 0.556 bits per heavy atom. The molecule has 2 aliphatic heterocycles. The molecule has 0 spiro atoms. The quantitative estimate of drug-likeness (QED) is 0.112. The van der Waals surface area contributed by atoms with E-state index in [9.17, 15) is 19.2 Å². The first kappa shape index (κ1) is 36.1. The number of hydrogen-bond acceptors (Lipinski definition) is 11. The highest BCUT2D eigenvalue weighted by Crippen LogP contribution is 2.43. The molecule has 0 aromatic heterocycles. The third-order valence-electron chi connectivity index (χ3n) is 9.19. The van der Waals surface area contributed by atoms with Crippen molar-refractivity contribution in [3.05, 3.63) is 174 Å². The summed E-state index contributed by atoms with van der Waals surface area (Å²) in [5.41, 5.74) is 2.14. The van der Waals surface area contributed by atoms with Crippen LogP contribution in [0.4, 0.5) is 5.69 Å². The van der Waals surface area contributed by atoms with Gasteiger partial charge in [-0.15, -0.1) is 0 Å². The number of carbonyl (C=O) groups excluding carboxylic acids is 4. The van der Waals surface area contributed by atoms with Crippen LogP contribution in [0.25, 0.3) is 0 Å². The smallest absolute Gasteiger partial charge is 0.338 e. The molecule has 5 aromatic rings. The van der Waals surface area contributed by atoms with E-state index in [2.05, 4.69) is 0 Å². The zero-order chi connectivity index (χ0) is 37.4. The lowest BCUT2D eigenvalue weighted by Crippen LogP contribution is -2.59. The Bertz CT molecular complexity index is 2030. The van der Waals surface area contributed by atoms with Gasteiger partial charge in [0.2, 0.25) is 12.4 Å². The molecule has 0 N–H and O–H groups in total. The van der Waals surface area contributed by atoms with Gasteiger partial charge in [-0.3, -0.25) is 9.63 Å². The molecule has 11 heteroatoms. The second kappa shape index (κ2) is 16.6. The first-order chi connectivity index (χ1) is 26.4. The van der Waals surface area contributed by atoms with Gasteiger partial charge in [0.05, 0.1) is 41.1 Å². The van der Waals surface area contributed by atoms with Crippen LogP contribution in [0.15, 0.2) is 152 Å². The molecule has 0 saturated carbocycles. The standard InChI is InChI=1S/C43H37NO10/c1-28-35(36(29-17-7-2-8-18-29)44(54-28)33-25-15-6-16-26-33)42(48)53-43-38(52-41(47)32-23-13-5-14-24-32)37(51-40(46)31-21-11-4-12-22-31)34(27-49-43)50-39(45)30-19-9-3-10-20-30/h2-26,28,34-38,43H,27H2,1H3/t28?,34-,35?,36?,37+,38-,43-/m1/s1. The van der Waals surface area contributed by atoms with Gasteiger partial charge in [-0.05, 0) is 61.0 Å². The van der Waals surface area contributed by atoms with Crippen molar-refractivity contribution in [1.82, 2.24) is 0 Å². The predicted octanol–water partition coefficient (Wildman–Crippen LogP) is 6.76. The molecule has 11 nitrogen and oxygen atoms in total. The molecule has 2 aliphatic rings. The number of nitrogens with zero attached hydrogens (tertiary/aromatic N) is 1. The van der Waals surface area contributed by atoms with Gasteiger partial charge in [0.1, 0.15) is 5.92 Å². The Balaban J connectivity index is 1.23. The Hall–Kier alpha value is -6.30. The molecule has 274 valence electrons. The first-order valence-electron chi connectivity index (χ1n) is 17.5. The molecule has 0 aliphatic carbocycles. The van der Waals surface area contributed by atoms with Gasteiger partial charge in [-0.1, -0.05) is 103 Å². The van der Waals surface area contributed by atoms with Gasteiger partial charge in [0.15, 0.2) is 12.2 Å². The van der Waals surface area contributed by atoms with Crippen molar-refractivity contribution in [3.8, 4) is 0 Å². The summed E-state index contributed by atoms with van der Waals surface area (Å²) in [6.07, 6.45) is -6.56. The van der Waals surface area contributed by atoms with Crippen molar-refractivity contribution in [1.29, 1.82) is 0 Å². The molecule has 54 heavy (non-hydrogen) atoms. The number of hydroxylamine groups is 1. The van der Waals surface area contributed by atoms with Crippen LogP contribution in [0, 0.1) is 5.92 Å². The number of carbonyl (C=O) groups is 4. The van der Waals surface area contributed by atoms with Gasteiger partial charge in [0, 0.05) is 0 Å². The fourth-order valence-corrected chi connectivity index (χ4v) is 6.54. The molecule has 0 radical (unpaired) electrons. The van der Waals surface area contributed by atoms with Gasteiger partial charge in [0.25, 0.3) is 0 Å². The molecule has 0 bridgehead atoms. The molecule has 2 heterocycles. The average Bonchev–Trinajstić information content (AvgIpc) is 3.58. The topological polar surface area (TPSA) is 127 Å². The maximum absolute atomic E-state index is 14.4. The van der Waals surface area contributed by atoms with E-state index < -0.39 is 66.5 Å². The number of hydrogen-bond donors (Lipinski definition) is 0. The van der Waals surface area contributed by atoms with Gasteiger partial charge in [-0.25, -0.2) is 19.4 Å². The lowest BCUT2D eigenvalue weighted by Gasteiger charge is -2.40. The largest absolute Gasteiger partial charge is 0.452 e. The Kier molecular flexibility index (Phi) is 11.1. The summed E-state index contributed by atoms with van der Waals surface area (Å²) in [5.74, 6) is -3.92. The van der Waals surface area contributed by atoms with Gasteiger partial charge >= 0.3 is 23.9 Å². The van der Waals surface area contributed by atoms with Crippen molar-refractivity contribution >= 4 is 29.6 Å². The van der Waals surface area contributed by atoms with E-state index in [-0.39, 0.29) is 23.3 Å². The monoisotopic (exact) mass is 727 g/mol. The van der Waals surface area contributed by atoms with E-state index in [0.717, 1.165) is 11.3 Å². The van der Waals surface area contributed by atoms with E-state index in [0.29, 0.717) is 0 Å². The van der Waals surface area contributed by atoms with Crippen molar-refractivity contribution in [2.75, 3.05) is 11.7 Å². The molecular weight excluding hydrogens is 690 g/mol. The fourth-order valence-electron chi connectivity index (χ4n) is 6.54. The maximum atomic E-state index is 14.4. The fraction of sp³-hybridized carbons (Fsp3) is 0.209. The molecular formula is C43H37NO10. The summed E-state index contributed by atoms with van der Waals surface area (Å²) in [5, 5.41) is 1.68. The number of para-hydroxylation sites is 1. The lowest BCUT2D eigenvalue weighted by molar-refractivity contribution is -0.263. The van der Waals surface area contributed by atoms with E-state index in [1.165, 1.54) is 0 Å². The Morgan fingerprint density at radius 3 is 1.52 bits per heavy atom. The van der Waals surface area contributed by atoms with E-state index in [1.54, 1.807) is 103 Å². The van der Waals surface area contributed by atoms with Crippen LogP contribution in [-0.4, -0.2) is 61.2 Å². The van der Waals surface area contributed by atoms with Crippen LogP contribution in [0.1, 0.15) is 49.6 Å². The second-order valence-electron chi connectivity index (χ2n) is 12.8. The third kappa shape index (κ3) is 8.02. The predicted molar refractivity (Wildman–Crippen MR) is 195 cm³/mol. The third-order valence-corrected chi connectivity index (χ3v) is 9.19. The average molecular weight is 728 g/mol. The van der Waals surface area contributed by atoms with E-state index >= 15 is 0 Å². The number of esters is 4. The minimum Gasteiger partial charge on any atom is -0.452 e. The molecule has 5 aromatic carbocycles. The lowest BCUT2D eigenvalue weighted by atomic mass is 9.90. The second-order valence-corrected chi connectivity index (χ2v) is 12.8. The van der Waals surface area contributed by atoms with E-state index in [4.69, 9.17) is 28.5 Å². The SMILES string of the molecule is CC1ON(c2ccccc2)C(c2ccccc2)C1C(=O)O[C@H]1OC[C@@H](OC(=O)c2ccccc2)[C@H](OC(=O)c2ccccc2)[C@H]1OC(=O)c1ccccc1. The summed E-state index contributed by atoms with van der Waals surface area (Å²) in [6, 6.07) is 42.8. The van der Waals surface area contributed by atoms with E-state index in [1.807, 2.05) is 60.7 Å². The minimum absolute atomic E-state index is 0.180. The number of anilines is 1. The van der Waals surface area contributed by atoms with Crippen molar-refractivity contribution < 1.29 is 47.7 Å². The maximum Gasteiger partial charge on any atom is 0.338 e. The summed E-state index contributed by atoms with van der Waals surface area (Å²) in [7, 11) is 0. The zero-order valence-corrected chi connectivity index (χ0v) is 29.2. The van der Waals surface area contributed by atoms with Crippen LogP contribution < -0.4 is 5.06 Å². The van der Waals surface area contributed by atoms with Crippen LogP contribution >= 0.6 is 0 Å². The molecule has 2 saturated heterocycles. The Labute approximate surface area is 311 Å². The van der Waals surface area contributed by atoms with Crippen molar-refractivity contribution in [3.63, 3.8) is 0 Å². The summed E-state index contributed by atoms with van der Waals surface area (Å²) < 4.78 is 30.0. The minimum atomic E-state index is -1.58. The Morgan fingerprint density at radius 2 is 1.00 bits per heavy atom. The van der Waals surface area contributed by atoms with Crippen molar-refractivity contribution in [2.24, 2.45) is 5.92 Å². The zero-order valence-electron chi connectivity index (χ0n) is 29.2. The highest BCUT2D eigenvalue weighted by atomic mass is 16.7. The van der Waals surface area contributed by atoms with Gasteiger partial charge in [-0.2, -0.15) is 0 Å². The summed E-state index contributed by atoms with van der Waals surface area (Å²) in [4.78, 5) is 61.3. The first-order valence-corrected chi connectivity index (χ1v) is 17.5. The molecule has 2 fully saturated rings. The van der Waals surface area contributed by atoms with Crippen LogP contribution in [0.3, 0.4) is 0 Å². The summed E-state index contributed by atoms with van der Waals surface area (Å²) >= 11 is 0. The summed E-state index contributed by atoms with van der Waals surface area (Å²) in [6.45, 7) is 1.40. The number of rotatable bonds is 10. The highest BCUT2D eigenvalue weighted by Gasteiger charge is 2.53. The normalized spacial score (nSPS) is 23.5. The number of ether oxygens (including phenoxy) is 5. The van der Waals surface area contributed by atoms with Crippen molar-refractivity contribution in [2.45, 2.75) is 43.7 Å². The highest BCUT2D eigenvalue weighted by molar-refractivity contribution is 5.91. The molecule has 0 amide bonds. The van der Waals surface area contributed by atoms with Gasteiger partial charge < -0.3 is 23.7 Å². The number of benzene rings is 5. The van der Waals surface area contributed by atoms with Crippen LogP contribution in [-0.2, 0) is 33.3 Å². The van der Waals surface area contributed by atoms with Crippen LogP contribution in [0.2, 0.25) is 0 Å². The molecule has 7 atom stereocenters. The molecule has 7 rings (SSSR count). The molecule has 3 unspecified atom stereocenters. The van der Waals surface area contributed by atoms with Crippen LogP contribution in [0.5, 0.6) is 0 Å².